The second-order valence-electron chi connectivity index (χ2n) is 9.80. The summed E-state index contributed by atoms with van der Waals surface area (Å²) in [4.78, 5) is 64.6. The van der Waals surface area contributed by atoms with Gasteiger partial charge in [-0.1, -0.05) is 48.5 Å². The van der Waals surface area contributed by atoms with Crippen molar-refractivity contribution in [2.75, 3.05) is 13.2 Å². The monoisotopic (exact) mass is 573 g/mol. The van der Waals surface area contributed by atoms with Crippen LogP contribution in [0.15, 0.2) is 84.9 Å². The molecule has 42 heavy (non-hydrogen) atoms. The van der Waals surface area contributed by atoms with Crippen LogP contribution in [0.5, 0.6) is 5.75 Å². The number of rotatable bonds is 11. The van der Waals surface area contributed by atoms with Gasteiger partial charge in [-0.15, -0.1) is 0 Å². The molecule has 3 aromatic carbocycles. The number of carbonyl (C=O) groups excluding carboxylic acids is 4. The van der Waals surface area contributed by atoms with Crippen molar-refractivity contribution >= 4 is 29.6 Å². The Morgan fingerprint density at radius 1 is 0.929 bits per heavy atom. The number of amides is 2. The van der Waals surface area contributed by atoms with E-state index in [4.69, 9.17) is 14.2 Å². The number of non-ortho nitro benzene ring substituents is 1. The molecule has 2 heterocycles. The van der Waals surface area contributed by atoms with Gasteiger partial charge in [0.05, 0.1) is 17.0 Å². The molecule has 2 amide bonds. The predicted octanol–water partition coefficient (Wildman–Crippen LogP) is 3.80. The number of nitro benzene ring substituents is 1. The van der Waals surface area contributed by atoms with Crippen LogP contribution in [0.1, 0.15) is 30.0 Å². The van der Waals surface area contributed by atoms with Crippen molar-refractivity contribution in [1.82, 2.24) is 9.80 Å². The Morgan fingerprint density at radius 2 is 1.60 bits per heavy atom. The van der Waals surface area contributed by atoms with E-state index in [2.05, 4.69) is 0 Å². The average Bonchev–Trinajstić information content (AvgIpc) is 3.38. The molecule has 0 radical (unpaired) electrons. The molecule has 1 unspecified atom stereocenters. The first-order chi connectivity index (χ1) is 20.3. The summed E-state index contributed by atoms with van der Waals surface area (Å²) in [7, 11) is 0. The van der Waals surface area contributed by atoms with Crippen molar-refractivity contribution in [3.05, 3.63) is 106 Å². The van der Waals surface area contributed by atoms with Gasteiger partial charge in [0.25, 0.3) is 5.69 Å². The highest BCUT2D eigenvalue weighted by molar-refractivity contribution is 5.95. The molecule has 0 spiro atoms. The fraction of sp³-hybridized carbons (Fsp3) is 0.267. The smallest absolute Gasteiger partial charge is 0.411 e. The Balaban J connectivity index is 1.28. The zero-order valence-electron chi connectivity index (χ0n) is 22.4. The highest BCUT2D eigenvalue weighted by Crippen LogP contribution is 2.38. The van der Waals surface area contributed by atoms with E-state index in [1.165, 1.54) is 34.1 Å². The van der Waals surface area contributed by atoms with Gasteiger partial charge in [0.2, 0.25) is 5.91 Å². The number of nitro groups is 1. The van der Waals surface area contributed by atoms with Crippen LogP contribution < -0.4 is 4.74 Å². The number of esters is 2. The lowest BCUT2D eigenvalue weighted by atomic mass is 9.88. The van der Waals surface area contributed by atoms with Gasteiger partial charge in [-0.2, -0.15) is 0 Å². The van der Waals surface area contributed by atoms with Crippen molar-refractivity contribution < 1.29 is 38.3 Å². The molecule has 2 fully saturated rings. The maximum atomic E-state index is 13.4. The minimum Gasteiger partial charge on any atom is -0.459 e. The quantitative estimate of drug-likeness (QED) is 0.110. The summed E-state index contributed by atoms with van der Waals surface area (Å²) in [6.45, 7) is -0.489. The molecule has 0 aromatic heterocycles. The number of hydrogen-bond acceptors (Lipinski definition) is 9. The number of cyclic esters (lactones) is 1. The second-order valence-corrected chi connectivity index (χ2v) is 9.80. The van der Waals surface area contributed by atoms with Crippen LogP contribution >= 0.6 is 0 Å². The molecule has 0 bridgehead atoms. The lowest BCUT2D eigenvalue weighted by Crippen LogP contribution is -2.71. The van der Waals surface area contributed by atoms with Crippen molar-refractivity contribution in [3.8, 4) is 5.75 Å². The normalized spacial score (nSPS) is 19.6. The number of likely N-dealkylation sites (tertiary alicyclic amines) is 1. The van der Waals surface area contributed by atoms with Crippen LogP contribution in [0.4, 0.5) is 10.5 Å². The van der Waals surface area contributed by atoms with Crippen molar-refractivity contribution in [2.24, 2.45) is 0 Å². The Bertz CT molecular complexity index is 1460. The van der Waals surface area contributed by atoms with E-state index in [0.717, 1.165) is 5.56 Å². The van der Waals surface area contributed by atoms with E-state index in [1.807, 2.05) is 30.3 Å². The maximum Gasteiger partial charge on any atom is 0.411 e. The molecule has 12 heteroatoms. The molecule has 3 atom stereocenters. The first-order valence-corrected chi connectivity index (χ1v) is 13.3. The summed E-state index contributed by atoms with van der Waals surface area (Å²) in [6.07, 6.45) is -0.598. The highest BCUT2D eigenvalue weighted by Gasteiger charge is 2.56. The predicted molar refractivity (Wildman–Crippen MR) is 146 cm³/mol. The average molecular weight is 574 g/mol. The van der Waals surface area contributed by atoms with E-state index in [9.17, 15) is 29.3 Å². The lowest BCUT2D eigenvalue weighted by Gasteiger charge is -2.50. The molecule has 5 rings (SSSR count). The van der Waals surface area contributed by atoms with Crippen molar-refractivity contribution in [2.45, 2.75) is 37.6 Å². The number of para-hydroxylation sites is 1. The topological polar surface area (TPSA) is 146 Å². The number of ether oxygens (including phenoxy) is 3. The summed E-state index contributed by atoms with van der Waals surface area (Å²) < 4.78 is 16.0. The van der Waals surface area contributed by atoms with Crippen LogP contribution in [0.25, 0.3) is 0 Å². The minimum absolute atomic E-state index is 0.0622. The third-order valence-corrected chi connectivity index (χ3v) is 7.16. The first-order valence-electron chi connectivity index (χ1n) is 13.3. The maximum absolute atomic E-state index is 13.4. The van der Waals surface area contributed by atoms with Crippen LogP contribution in [-0.4, -0.2) is 63.9 Å². The number of nitrogens with zero attached hydrogens (tertiary/aromatic N) is 3. The van der Waals surface area contributed by atoms with E-state index >= 15 is 0 Å². The largest absolute Gasteiger partial charge is 0.459 e. The molecule has 12 nitrogen and oxygen atoms in total. The van der Waals surface area contributed by atoms with Crippen LogP contribution in [0.3, 0.4) is 0 Å². The molecule has 0 N–H and O–H groups in total. The number of carbonyl (C=O) groups is 4. The summed E-state index contributed by atoms with van der Waals surface area (Å²) >= 11 is 0. The van der Waals surface area contributed by atoms with Gasteiger partial charge >= 0.3 is 18.0 Å². The zero-order valence-corrected chi connectivity index (χ0v) is 22.4. The fourth-order valence-electron chi connectivity index (χ4n) is 5.07. The van der Waals surface area contributed by atoms with Gasteiger partial charge in [-0.05, 0) is 41.8 Å². The minimum atomic E-state index is -0.947. The standard InChI is InChI=1S/C30H27N3O9/c34-26(42-23-9-5-2-6-10-23)16-15-24-28(32-25(19-41-30(32)37)21-7-3-1-4-8-21)29(36)31(24)17-27(35)40-18-20-11-13-22(14-12-20)33(38)39/h1-14,24-25,28H,15-19H2/t24-,25?,28+/m1/s1. The Morgan fingerprint density at radius 3 is 2.26 bits per heavy atom. The Labute approximate surface area is 240 Å². The number of benzene rings is 3. The van der Waals surface area contributed by atoms with Crippen LogP contribution in [-0.2, 0) is 30.5 Å². The summed E-state index contributed by atoms with van der Waals surface area (Å²) in [5.41, 5.74) is 1.23. The van der Waals surface area contributed by atoms with E-state index in [0.29, 0.717) is 11.3 Å². The molecule has 2 saturated heterocycles. The Kier molecular flexibility index (Phi) is 8.42. The molecule has 0 saturated carbocycles. The molecule has 2 aliphatic rings. The van der Waals surface area contributed by atoms with Gasteiger partial charge in [-0.3, -0.25) is 29.4 Å². The van der Waals surface area contributed by atoms with Gasteiger partial charge in [0.15, 0.2) is 0 Å². The summed E-state index contributed by atoms with van der Waals surface area (Å²) in [6, 6.07) is 21.1. The highest BCUT2D eigenvalue weighted by atomic mass is 16.6. The molecular weight excluding hydrogens is 546 g/mol. The third kappa shape index (κ3) is 6.22. The van der Waals surface area contributed by atoms with Gasteiger partial charge in [-0.25, -0.2) is 4.79 Å². The molecule has 0 aliphatic carbocycles. The SMILES string of the molecule is O=C(CN1C(=O)[C@@H](N2C(=O)OCC2c2ccccc2)[C@H]1CCC(=O)Oc1ccccc1)OCc1ccc([N+](=O)[O-])cc1. The van der Waals surface area contributed by atoms with Gasteiger partial charge in [0.1, 0.15) is 31.5 Å². The van der Waals surface area contributed by atoms with Crippen molar-refractivity contribution in [3.63, 3.8) is 0 Å². The molecule has 3 aromatic rings. The number of hydrogen-bond donors (Lipinski definition) is 0. The zero-order chi connectivity index (χ0) is 29.6. The molecule has 216 valence electrons. The van der Waals surface area contributed by atoms with Crippen LogP contribution in [0, 0.1) is 10.1 Å². The third-order valence-electron chi connectivity index (χ3n) is 7.16. The lowest BCUT2D eigenvalue weighted by molar-refractivity contribution is -0.384. The van der Waals surface area contributed by atoms with E-state index in [-0.39, 0.29) is 31.7 Å². The van der Waals surface area contributed by atoms with Gasteiger partial charge in [0, 0.05) is 18.6 Å². The summed E-state index contributed by atoms with van der Waals surface area (Å²) in [5, 5.41) is 10.9. The first kappa shape index (κ1) is 28.3. The molecular formula is C30H27N3O9. The fourth-order valence-corrected chi connectivity index (χ4v) is 5.07. The Hall–Kier alpha value is -5.26. The van der Waals surface area contributed by atoms with E-state index < -0.39 is 53.5 Å². The second kappa shape index (κ2) is 12.5. The van der Waals surface area contributed by atoms with Gasteiger partial charge < -0.3 is 19.1 Å². The number of β-lactam (4-membered cyclic amide) rings is 1. The molecule has 2 aliphatic heterocycles. The van der Waals surface area contributed by atoms with Crippen LogP contribution in [0.2, 0.25) is 0 Å². The van der Waals surface area contributed by atoms with E-state index in [1.54, 1.807) is 30.3 Å². The van der Waals surface area contributed by atoms with Crippen molar-refractivity contribution in [1.29, 1.82) is 0 Å². The summed E-state index contributed by atoms with van der Waals surface area (Å²) in [5.74, 6) is -1.32.